The van der Waals surface area contributed by atoms with Crippen molar-refractivity contribution in [1.29, 1.82) is 0 Å². The van der Waals surface area contributed by atoms with Gasteiger partial charge in [0, 0.05) is 43.2 Å². The number of H-pyrrole nitrogens is 1. The average Bonchev–Trinajstić information content (AvgIpc) is 3.44. The number of aromatic nitrogens is 3. The smallest absolute Gasteiger partial charge is 0.270 e. The Morgan fingerprint density at radius 1 is 1.29 bits per heavy atom. The molecule has 3 N–H and O–H groups in total. The van der Waals surface area contributed by atoms with Crippen molar-refractivity contribution >= 4 is 11.8 Å². The lowest BCUT2D eigenvalue weighted by atomic mass is 10.0. The molecule has 0 aliphatic carbocycles. The summed E-state index contributed by atoms with van der Waals surface area (Å²) in [6.07, 6.45) is 4.58. The maximum absolute atomic E-state index is 12.6. The van der Waals surface area contributed by atoms with E-state index in [2.05, 4.69) is 20.5 Å². The molecule has 2 aromatic heterocycles. The van der Waals surface area contributed by atoms with Crippen LogP contribution in [0.2, 0.25) is 0 Å². The highest BCUT2D eigenvalue weighted by Crippen LogP contribution is 2.24. The maximum atomic E-state index is 12.6. The van der Waals surface area contributed by atoms with Crippen LogP contribution in [0.15, 0.2) is 30.7 Å². The molecule has 0 saturated carbocycles. The summed E-state index contributed by atoms with van der Waals surface area (Å²) >= 11 is 0. The Labute approximate surface area is 162 Å². The second-order valence-electron chi connectivity index (χ2n) is 7.37. The Hall–Kier alpha value is -2.78. The molecular weight excluding hydrogens is 362 g/mol. The highest BCUT2D eigenvalue weighted by Gasteiger charge is 2.40. The maximum Gasteiger partial charge on any atom is 0.270 e. The third kappa shape index (κ3) is 3.63. The van der Waals surface area contributed by atoms with Crippen LogP contribution >= 0.6 is 0 Å². The molecule has 4 atom stereocenters. The Kier molecular flexibility index (Phi) is 5.10. The van der Waals surface area contributed by atoms with Gasteiger partial charge in [-0.25, -0.2) is 0 Å². The summed E-state index contributed by atoms with van der Waals surface area (Å²) in [5.41, 5.74) is 1.97. The summed E-state index contributed by atoms with van der Waals surface area (Å²) in [4.78, 5) is 30.9. The minimum atomic E-state index is -0.824. The third-order valence-electron chi connectivity index (χ3n) is 5.38. The van der Waals surface area contributed by atoms with Crippen molar-refractivity contribution in [3.8, 4) is 11.1 Å². The topological polar surface area (TPSA) is 120 Å². The van der Waals surface area contributed by atoms with E-state index in [4.69, 9.17) is 4.74 Å². The number of carbonyl (C=O) groups excluding carboxylic acids is 2. The molecule has 9 heteroatoms. The van der Waals surface area contributed by atoms with Crippen molar-refractivity contribution in [2.45, 2.75) is 31.6 Å². The van der Waals surface area contributed by atoms with E-state index in [1.54, 1.807) is 35.6 Å². The Morgan fingerprint density at radius 2 is 2.14 bits per heavy atom. The van der Waals surface area contributed by atoms with Crippen molar-refractivity contribution in [3.05, 3.63) is 36.4 Å². The van der Waals surface area contributed by atoms with Gasteiger partial charge in [0.1, 0.15) is 11.8 Å². The monoisotopic (exact) mass is 385 g/mol. The van der Waals surface area contributed by atoms with Gasteiger partial charge in [0.15, 0.2) is 0 Å². The van der Waals surface area contributed by atoms with E-state index >= 15 is 0 Å². The summed E-state index contributed by atoms with van der Waals surface area (Å²) in [5, 5.41) is 19.7. The van der Waals surface area contributed by atoms with E-state index in [0.717, 1.165) is 17.5 Å². The first-order chi connectivity index (χ1) is 13.5. The van der Waals surface area contributed by atoms with Gasteiger partial charge in [-0.1, -0.05) is 13.0 Å². The second kappa shape index (κ2) is 7.69. The highest BCUT2D eigenvalue weighted by molar-refractivity contribution is 5.93. The zero-order valence-electron chi connectivity index (χ0n) is 15.5. The molecule has 9 nitrogen and oxygen atoms in total. The molecule has 2 saturated heterocycles. The van der Waals surface area contributed by atoms with Crippen LogP contribution in [0.25, 0.3) is 11.1 Å². The van der Waals surface area contributed by atoms with Crippen molar-refractivity contribution in [1.82, 2.24) is 25.4 Å². The predicted octanol–water partition coefficient (Wildman–Crippen LogP) is 0.198. The lowest BCUT2D eigenvalue weighted by Gasteiger charge is -2.22. The van der Waals surface area contributed by atoms with Gasteiger partial charge in [0.25, 0.3) is 11.8 Å². The third-order valence-corrected chi connectivity index (χ3v) is 5.38. The number of nitrogens with one attached hydrogen (secondary N) is 2. The molecule has 2 fully saturated rings. The lowest BCUT2D eigenvalue weighted by Crippen LogP contribution is -2.44. The molecular formula is C19H23N5O4. The molecule has 2 aliphatic heterocycles. The first-order valence-corrected chi connectivity index (χ1v) is 9.37. The number of ether oxygens (including phenoxy) is 1. The second-order valence-corrected chi connectivity index (χ2v) is 7.37. The number of carbonyl (C=O) groups is 2. The van der Waals surface area contributed by atoms with Crippen LogP contribution in [-0.4, -0.2) is 74.9 Å². The zero-order valence-corrected chi connectivity index (χ0v) is 15.5. The quantitative estimate of drug-likeness (QED) is 0.691. The molecule has 4 heterocycles. The number of aromatic amines is 1. The van der Waals surface area contributed by atoms with Crippen molar-refractivity contribution < 1.29 is 19.4 Å². The fourth-order valence-corrected chi connectivity index (χ4v) is 3.65. The van der Waals surface area contributed by atoms with E-state index in [0.29, 0.717) is 6.61 Å². The van der Waals surface area contributed by atoms with Gasteiger partial charge in [-0.15, -0.1) is 0 Å². The number of aliphatic hydroxyl groups is 1. The normalized spacial score (nSPS) is 27.1. The standard InChI is InChI=1S/C19H23N5O4/c1-11-4-5-28-17(11)19(27)24-9-15(16(25)10-24)23-18(26)14-3-2-12(6-20-14)13-7-21-22-8-13/h2-3,6-8,11,15-17,25H,4-5,9-10H2,1H3,(H,21,22)(H,23,26)/t11-,15-,16-,17+/m1/s1. The molecule has 0 unspecified atom stereocenters. The van der Waals surface area contributed by atoms with Gasteiger partial charge in [-0.05, 0) is 18.4 Å². The number of β-amino-alcohol motifs (C(OH)–C–C–N with tert-alkyl or cyclic N) is 1. The van der Waals surface area contributed by atoms with Gasteiger partial charge in [-0.3, -0.25) is 19.7 Å². The summed E-state index contributed by atoms with van der Waals surface area (Å²) < 4.78 is 5.53. The molecule has 28 heavy (non-hydrogen) atoms. The number of hydrogen-bond donors (Lipinski definition) is 3. The molecule has 2 aliphatic rings. The highest BCUT2D eigenvalue weighted by atomic mass is 16.5. The fourth-order valence-electron chi connectivity index (χ4n) is 3.65. The summed E-state index contributed by atoms with van der Waals surface area (Å²) in [6, 6.07) is 2.87. The summed E-state index contributed by atoms with van der Waals surface area (Å²) in [7, 11) is 0. The number of amides is 2. The summed E-state index contributed by atoms with van der Waals surface area (Å²) in [5.74, 6) is -0.345. The number of hydrogen-bond acceptors (Lipinski definition) is 6. The molecule has 2 amide bonds. The first-order valence-electron chi connectivity index (χ1n) is 9.37. The summed E-state index contributed by atoms with van der Waals surface area (Å²) in [6.45, 7) is 3.00. The van der Waals surface area contributed by atoms with Gasteiger partial charge in [0.05, 0.1) is 18.3 Å². The van der Waals surface area contributed by atoms with E-state index in [1.807, 2.05) is 6.92 Å². The van der Waals surface area contributed by atoms with Crippen LogP contribution in [0.3, 0.4) is 0 Å². The zero-order chi connectivity index (χ0) is 19.7. The minimum absolute atomic E-state index is 0.122. The van der Waals surface area contributed by atoms with Crippen LogP contribution in [-0.2, 0) is 9.53 Å². The van der Waals surface area contributed by atoms with Gasteiger partial charge in [-0.2, -0.15) is 5.10 Å². The van der Waals surface area contributed by atoms with E-state index in [1.165, 1.54) is 0 Å². The number of likely N-dealkylation sites (tertiary alicyclic amines) is 1. The molecule has 0 spiro atoms. The number of nitrogens with zero attached hydrogens (tertiary/aromatic N) is 3. The van der Waals surface area contributed by atoms with Crippen LogP contribution in [0, 0.1) is 5.92 Å². The van der Waals surface area contributed by atoms with Crippen LogP contribution in [0.4, 0.5) is 0 Å². The van der Waals surface area contributed by atoms with E-state index in [-0.39, 0.29) is 36.5 Å². The van der Waals surface area contributed by atoms with Gasteiger partial charge < -0.3 is 20.1 Å². The van der Waals surface area contributed by atoms with Crippen molar-refractivity contribution in [3.63, 3.8) is 0 Å². The molecule has 0 radical (unpaired) electrons. The first kappa shape index (κ1) is 18.6. The van der Waals surface area contributed by atoms with Crippen molar-refractivity contribution in [2.24, 2.45) is 5.92 Å². The molecule has 2 aromatic rings. The van der Waals surface area contributed by atoms with E-state index in [9.17, 15) is 14.7 Å². The van der Waals surface area contributed by atoms with Gasteiger partial charge in [0.2, 0.25) is 0 Å². The molecule has 4 rings (SSSR count). The minimum Gasteiger partial charge on any atom is -0.389 e. The molecule has 0 bridgehead atoms. The van der Waals surface area contributed by atoms with Gasteiger partial charge >= 0.3 is 0 Å². The van der Waals surface area contributed by atoms with E-state index < -0.39 is 18.2 Å². The fraction of sp³-hybridized carbons (Fsp3) is 0.474. The predicted molar refractivity (Wildman–Crippen MR) is 99.2 cm³/mol. The average molecular weight is 385 g/mol. The Bertz CT molecular complexity index is 839. The molecule has 0 aromatic carbocycles. The molecule has 148 valence electrons. The lowest BCUT2D eigenvalue weighted by molar-refractivity contribution is -0.141. The number of rotatable bonds is 4. The Morgan fingerprint density at radius 3 is 2.79 bits per heavy atom. The number of pyridine rings is 1. The number of aliphatic hydroxyl groups excluding tert-OH is 1. The Balaban J connectivity index is 1.37. The van der Waals surface area contributed by atoms with Crippen LogP contribution in [0.5, 0.6) is 0 Å². The van der Waals surface area contributed by atoms with Crippen molar-refractivity contribution in [2.75, 3.05) is 19.7 Å². The van der Waals surface area contributed by atoms with Crippen LogP contribution < -0.4 is 5.32 Å². The largest absolute Gasteiger partial charge is 0.389 e. The SMILES string of the molecule is C[C@@H]1CCO[C@@H]1C(=O)N1C[C@@H](O)[C@H](NC(=O)c2ccc(-c3cn[nH]c3)cn2)C1. The van der Waals surface area contributed by atoms with Crippen LogP contribution in [0.1, 0.15) is 23.8 Å².